The number of aliphatic carboxylic acids is 1. The summed E-state index contributed by atoms with van der Waals surface area (Å²) >= 11 is 0. The van der Waals surface area contributed by atoms with Gasteiger partial charge in [-0.25, -0.2) is 4.79 Å². The van der Waals surface area contributed by atoms with Crippen molar-refractivity contribution >= 4 is 16.1 Å². The predicted octanol–water partition coefficient (Wildman–Crippen LogP) is 4.00. The number of hydrogen-bond donors (Lipinski definition) is 2. The van der Waals surface area contributed by atoms with Crippen LogP contribution in [0.4, 0.5) is 70.2 Å². The van der Waals surface area contributed by atoms with Crippen LogP contribution in [0.2, 0.25) is 0 Å². The summed E-state index contributed by atoms with van der Waals surface area (Å²) in [5.41, 5.74) is 0. The van der Waals surface area contributed by atoms with Gasteiger partial charge in [-0.1, -0.05) is 0 Å². The molecule has 0 aromatic heterocycles. The molecular weight excluding hydrogens is 524 g/mol. The van der Waals surface area contributed by atoms with Crippen molar-refractivity contribution in [2.75, 3.05) is 0 Å². The molecule has 0 aromatic rings. The van der Waals surface area contributed by atoms with E-state index in [2.05, 4.69) is 0 Å². The number of carboxylic acids is 1. The van der Waals surface area contributed by atoms with Crippen LogP contribution in [-0.2, 0) is 14.9 Å². The highest BCUT2D eigenvalue weighted by Gasteiger charge is 2.96. The Balaban J connectivity index is 7.02. The second-order valence-corrected chi connectivity index (χ2v) is 6.78. The van der Waals surface area contributed by atoms with E-state index in [-0.39, 0.29) is 0 Å². The van der Waals surface area contributed by atoms with Crippen molar-refractivity contribution in [2.24, 2.45) is 0 Å². The highest BCUT2D eigenvalue weighted by molar-refractivity contribution is 7.87. The SMILES string of the molecule is O=C(O)C(F)(F)C(F)(F)C(F)(F)C(F)(F)C(F)(F)C(F)(F)C(F)(F)C(F)(F)S(=O)(=O)O. The molecule has 0 saturated heterocycles. The van der Waals surface area contributed by atoms with Crippen LogP contribution in [0.1, 0.15) is 0 Å². The summed E-state index contributed by atoms with van der Waals surface area (Å²) in [7, 11) is -7.92. The van der Waals surface area contributed by atoms with Crippen molar-refractivity contribution in [2.45, 2.75) is 46.7 Å². The van der Waals surface area contributed by atoms with Crippen molar-refractivity contribution < 1.29 is 93.1 Å². The molecule has 0 aliphatic rings. The minimum atomic E-state index is -8.93. The van der Waals surface area contributed by atoms with Gasteiger partial charge in [0, 0.05) is 0 Å². The van der Waals surface area contributed by atoms with Crippen molar-refractivity contribution in [1.29, 1.82) is 0 Å². The molecule has 0 atom stereocenters. The quantitative estimate of drug-likeness (QED) is 0.350. The monoisotopic (exact) mass is 526 g/mol. The van der Waals surface area contributed by atoms with E-state index in [0.717, 1.165) is 0 Å². The van der Waals surface area contributed by atoms with E-state index in [1.165, 1.54) is 0 Å². The van der Waals surface area contributed by atoms with Crippen LogP contribution in [0.3, 0.4) is 0 Å². The lowest BCUT2D eigenvalue weighted by atomic mass is 9.89. The van der Waals surface area contributed by atoms with E-state index in [9.17, 15) is 83.5 Å². The molecule has 0 heterocycles. The van der Waals surface area contributed by atoms with Crippen LogP contribution in [0.5, 0.6) is 0 Å². The molecule has 22 heteroatoms. The molecule has 0 amide bonds. The zero-order valence-corrected chi connectivity index (χ0v) is 13.9. The molecule has 0 fully saturated rings. The Hall–Kier alpha value is -1.74. The minimum absolute atomic E-state index is 4.44. The molecule has 0 aromatic carbocycles. The van der Waals surface area contributed by atoms with Crippen LogP contribution in [0.25, 0.3) is 0 Å². The first kappa shape index (κ1) is 29.3. The van der Waals surface area contributed by atoms with Gasteiger partial charge in [-0.2, -0.15) is 78.7 Å². The van der Waals surface area contributed by atoms with Gasteiger partial charge in [0.2, 0.25) is 0 Å². The van der Waals surface area contributed by atoms with E-state index >= 15 is 0 Å². The Morgan fingerprint density at radius 1 is 0.516 bits per heavy atom. The van der Waals surface area contributed by atoms with Gasteiger partial charge in [0.1, 0.15) is 0 Å². The van der Waals surface area contributed by atoms with Gasteiger partial charge in [-0.05, 0) is 0 Å². The molecule has 0 radical (unpaired) electrons. The Kier molecular flexibility index (Phi) is 6.49. The predicted molar refractivity (Wildman–Crippen MR) is 58.8 cm³/mol. The molecule has 0 aliphatic heterocycles. The molecule has 31 heavy (non-hydrogen) atoms. The summed E-state index contributed by atoms with van der Waals surface area (Å²) in [5.74, 6) is -64.0. The normalized spacial score (nSPS) is 16.4. The molecule has 0 bridgehead atoms. The Morgan fingerprint density at radius 3 is 0.968 bits per heavy atom. The van der Waals surface area contributed by atoms with E-state index < -0.39 is 62.8 Å². The third-order valence-corrected chi connectivity index (χ3v) is 4.23. The van der Waals surface area contributed by atoms with Gasteiger partial charge in [-0.3, -0.25) is 4.55 Å². The molecule has 0 aliphatic carbocycles. The lowest BCUT2D eigenvalue weighted by Gasteiger charge is -2.42. The van der Waals surface area contributed by atoms with Gasteiger partial charge in [0.25, 0.3) is 0 Å². The second kappa shape index (κ2) is 6.88. The maximum atomic E-state index is 13.2. The highest BCUT2D eigenvalue weighted by Crippen LogP contribution is 2.64. The second-order valence-electron chi connectivity index (χ2n) is 5.32. The first-order chi connectivity index (χ1) is 12.9. The zero-order valence-electron chi connectivity index (χ0n) is 13.1. The molecule has 0 unspecified atom stereocenters. The lowest BCUT2D eigenvalue weighted by Crippen LogP contribution is -2.75. The molecule has 186 valence electrons. The van der Waals surface area contributed by atoms with E-state index in [0.29, 0.717) is 0 Å². The topological polar surface area (TPSA) is 91.7 Å². The minimum Gasteiger partial charge on any atom is -0.477 e. The summed E-state index contributed by atoms with van der Waals surface area (Å²) in [6, 6.07) is 0. The van der Waals surface area contributed by atoms with Gasteiger partial charge in [0.15, 0.2) is 0 Å². The fourth-order valence-electron chi connectivity index (χ4n) is 1.46. The largest absolute Gasteiger partial charge is 0.477 e. The lowest BCUT2D eigenvalue weighted by molar-refractivity contribution is -0.446. The molecule has 2 N–H and O–H groups in total. The average molecular weight is 526 g/mol. The molecule has 0 rings (SSSR count). The van der Waals surface area contributed by atoms with Crippen LogP contribution in [0.15, 0.2) is 0 Å². The first-order valence-corrected chi connectivity index (χ1v) is 7.61. The first-order valence-electron chi connectivity index (χ1n) is 6.17. The molecular formula is C9H2F16O5S. The fourth-order valence-corrected chi connectivity index (χ4v) is 1.92. The number of carboxylic acid groups (broad SMARTS) is 1. The van der Waals surface area contributed by atoms with Gasteiger partial charge >= 0.3 is 62.8 Å². The van der Waals surface area contributed by atoms with Gasteiger partial charge in [-0.15, -0.1) is 0 Å². The number of hydrogen-bond acceptors (Lipinski definition) is 3. The molecule has 0 spiro atoms. The van der Waals surface area contributed by atoms with E-state index in [1.807, 2.05) is 0 Å². The van der Waals surface area contributed by atoms with E-state index in [4.69, 9.17) is 9.66 Å². The molecule has 5 nitrogen and oxygen atoms in total. The molecule has 0 saturated carbocycles. The summed E-state index contributed by atoms with van der Waals surface area (Å²) in [6.07, 6.45) is 0. The summed E-state index contributed by atoms with van der Waals surface area (Å²) in [4.78, 5) is 9.83. The summed E-state index contributed by atoms with van der Waals surface area (Å²) in [6.45, 7) is 0. The highest BCUT2D eigenvalue weighted by atomic mass is 32.2. The third-order valence-electron chi connectivity index (χ3n) is 3.32. The van der Waals surface area contributed by atoms with E-state index in [1.54, 1.807) is 0 Å². The van der Waals surface area contributed by atoms with Crippen LogP contribution in [0, 0.1) is 0 Å². The van der Waals surface area contributed by atoms with Crippen molar-refractivity contribution in [3.05, 3.63) is 0 Å². The van der Waals surface area contributed by atoms with Crippen molar-refractivity contribution in [3.63, 3.8) is 0 Å². The van der Waals surface area contributed by atoms with Crippen LogP contribution in [-0.4, -0.2) is 70.8 Å². The van der Waals surface area contributed by atoms with Gasteiger partial charge < -0.3 is 5.11 Å². The zero-order chi connectivity index (χ0) is 26.1. The average Bonchev–Trinajstić information content (AvgIpc) is 2.52. The Bertz CT molecular complexity index is 830. The van der Waals surface area contributed by atoms with Crippen LogP contribution < -0.4 is 0 Å². The van der Waals surface area contributed by atoms with Gasteiger partial charge in [0.05, 0.1) is 0 Å². The maximum Gasteiger partial charge on any atom is 0.438 e. The summed E-state index contributed by atoms with van der Waals surface area (Å²) in [5, 5.41) is -0.233. The number of rotatable bonds is 9. The van der Waals surface area contributed by atoms with Crippen molar-refractivity contribution in [1.82, 2.24) is 0 Å². The smallest absolute Gasteiger partial charge is 0.438 e. The number of carbonyl (C=O) groups is 1. The fraction of sp³-hybridized carbons (Fsp3) is 0.889. The number of halogens is 16. The Morgan fingerprint density at radius 2 is 0.742 bits per heavy atom. The number of alkyl halides is 16. The van der Waals surface area contributed by atoms with Crippen LogP contribution >= 0.6 is 0 Å². The third kappa shape index (κ3) is 3.35. The van der Waals surface area contributed by atoms with Crippen molar-refractivity contribution in [3.8, 4) is 0 Å². The maximum absolute atomic E-state index is 13.2. The standard InChI is InChI=1S/C9H2F16O5S/c10-2(11,1(26)27)3(12,13)4(14,15)5(16,17)6(18,19)7(20,21)8(22,23)9(24,25)31(28,29)30/h(H,26,27)(H,28,29,30). The Labute approximate surface area is 157 Å². The summed E-state index contributed by atoms with van der Waals surface area (Å²) < 4.78 is 236.